The third-order valence-electron chi connectivity index (χ3n) is 6.00. The van der Waals surface area contributed by atoms with E-state index in [1.165, 1.54) is 0 Å². The minimum Gasteiger partial charge on any atom is -0.327 e. The second-order valence-electron chi connectivity index (χ2n) is 8.13. The Morgan fingerprint density at radius 1 is 1.17 bits per heavy atom. The van der Waals surface area contributed by atoms with Gasteiger partial charge in [0.05, 0.1) is 17.3 Å². The van der Waals surface area contributed by atoms with E-state index < -0.39 is 35.1 Å². The van der Waals surface area contributed by atoms with Crippen molar-refractivity contribution in [3.8, 4) is 0 Å². The number of rotatable bonds is 3. The molecular formula is C24H15BrClF4N3O2. The fourth-order valence-corrected chi connectivity index (χ4v) is 5.33. The summed E-state index contributed by atoms with van der Waals surface area (Å²) in [4.78, 5) is 27.4. The molecule has 5 nitrogen and oxygen atoms in total. The van der Waals surface area contributed by atoms with E-state index in [-0.39, 0.29) is 11.7 Å². The zero-order valence-corrected chi connectivity index (χ0v) is 20.0. The summed E-state index contributed by atoms with van der Waals surface area (Å²) >= 11 is 9.89. The molecule has 35 heavy (non-hydrogen) atoms. The molecule has 0 bridgehead atoms. The van der Waals surface area contributed by atoms with Crippen LogP contribution in [-0.2, 0) is 12.6 Å². The second-order valence-corrected chi connectivity index (χ2v) is 9.39. The van der Waals surface area contributed by atoms with E-state index in [0.717, 1.165) is 11.6 Å². The van der Waals surface area contributed by atoms with Crippen LogP contribution < -0.4 is 15.5 Å². The van der Waals surface area contributed by atoms with Gasteiger partial charge in [0.1, 0.15) is 5.82 Å². The number of alkyl halides is 3. The zero-order chi connectivity index (χ0) is 25.1. The number of nitrogens with zero attached hydrogens (tertiary/aromatic N) is 1. The van der Waals surface area contributed by atoms with Gasteiger partial charge >= 0.3 is 12.2 Å². The third-order valence-corrected chi connectivity index (χ3v) is 7.05. The number of carbonyl (C=O) groups is 2. The maximum Gasteiger partial charge on any atom is 0.416 e. The number of hydrogen-bond donors (Lipinski definition) is 2. The molecular weight excluding hydrogens is 554 g/mol. The Kier molecular flexibility index (Phi) is 5.76. The first-order valence-electron chi connectivity index (χ1n) is 10.4. The molecule has 1 unspecified atom stereocenters. The minimum atomic E-state index is -4.82. The Morgan fingerprint density at radius 3 is 2.63 bits per heavy atom. The molecule has 0 aromatic heterocycles. The number of hydrogen-bond acceptors (Lipinski definition) is 2. The molecule has 180 valence electrons. The average Bonchev–Trinajstić information content (AvgIpc) is 3.24. The van der Waals surface area contributed by atoms with Gasteiger partial charge in [-0.1, -0.05) is 45.7 Å². The molecule has 0 saturated carbocycles. The van der Waals surface area contributed by atoms with E-state index in [9.17, 15) is 27.2 Å². The molecule has 5 rings (SSSR count). The molecule has 0 spiro atoms. The van der Waals surface area contributed by atoms with Crippen LogP contribution in [0.25, 0.3) is 0 Å². The molecule has 1 atom stereocenters. The molecule has 3 aromatic carbocycles. The molecule has 11 heteroatoms. The smallest absolute Gasteiger partial charge is 0.327 e. The lowest BCUT2D eigenvalue weighted by molar-refractivity contribution is -0.137. The highest BCUT2D eigenvalue weighted by Gasteiger charge is 2.40. The molecule has 0 fully saturated rings. The Balaban J connectivity index is 1.64. The van der Waals surface area contributed by atoms with Crippen molar-refractivity contribution in [3.05, 3.63) is 91.7 Å². The quantitative estimate of drug-likeness (QED) is 0.346. The van der Waals surface area contributed by atoms with Crippen molar-refractivity contribution >= 4 is 50.8 Å². The van der Waals surface area contributed by atoms with E-state index in [2.05, 4.69) is 26.6 Å². The summed E-state index contributed by atoms with van der Waals surface area (Å²) in [6, 6.07) is 9.09. The number of benzene rings is 3. The highest BCUT2D eigenvalue weighted by molar-refractivity contribution is 9.10. The van der Waals surface area contributed by atoms with Crippen molar-refractivity contribution in [3.63, 3.8) is 0 Å². The van der Waals surface area contributed by atoms with E-state index in [1.807, 2.05) is 0 Å². The van der Waals surface area contributed by atoms with Crippen LogP contribution in [0.1, 0.15) is 38.7 Å². The van der Waals surface area contributed by atoms with Gasteiger partial charge in [-0.25, -0.2) is 9.18 Å². The van der Waals surface area contributed by atoms with Crippen molar-refractivity contribution in [1.82, 2.24) is 5.32 Å². The fraction of sp³-hybridized carbons (Fsp3) is 0.167. The molecule has 2 aliphatic heterocycles. The predicted molar refractivity (Wildman–Crippen MR) is 126 cm³/mol. The normalized spacial score (nSPS) is 16.7. The van der Waals surface area contributed by atoms with E-state index in [1.54, 1.807) is 35.2 Å². The summed E-state index contributed by atoms with van der Waals surface area (Å²) in [5, 5.41) is 5.91. The van der Waals surface area contributed by atoms with E-state index in [0.29, 0.717) is 51.4 Å². The minimum absolute atomic E-state index is 0.246. The maximum absolute atomic E-state index is 13.9. The first kappa shape index (κ1) is 23.6. The van der Waals surface area contributed by atoms with Crippen LogP contribution in [0, 0.1) is 5.82 Å². The first-order chi connectivity index (χ1) is 16.5. The largest absolute Gasteiger partial charge is 0.416 e. The van der Waals surface area contributed by atoms with Gasteiger partial charge < -0.3 is 10.6 Å². The number of nitrogens with one attached hydrogen (secondary N) is 2. The van der Waals surface area contributed by atoms with Crippen molar-refractivity contribution in [2.24, 2.45) is 0 Å². The van der Waals surface area contributed by atoms with E-state index >= 15 is 0 Å². The number of halogens is 6. The lowest BCUT2D eigenvalue weighted by atomic mass is 9.91. The van der Waals surface area contributed by atoms with Crippen molar-refractivity contribution in [2.45, 2.75) is 18.6 Å². The van der Waals surface area contributed by atoms with Gasteiger partial charge in [-0.15, -0.1) is 0 Å². The van der Waals surface area contributed by atoms with E-state index in [4.69, 9.17) is 11.6 Å². The lowest BCUT2D eigenvalue weighted by Gasteiger charge is -2.35. The molecule has 2 aliphatic rings. The van der Waals surface area contributed by atoms with Gasteiger partial charge in [0.15, 0.2) is 0 Å². The molecule has 0 radical (unpaired) electrons. The summed E-state index contributed by atoms with van der Waals surface area (Å²) in [5.74, 6) is -2.12. The SMILES string of the molecule is O=C(Nc1cc(Br)c2c3c1C(c1ccccc1Cl)NC(=O)N3CC2)c1cc(F)cc(C(F)(F)F)c1. The first-order valence-corrected chi connectivity index (χ1v) is 11.6. The third kappa shape index (κ3) is 4.14. The summed E-state index contributed by atoms with van der Waals surface area (Å²) < 4.78 is 54.0. The van der Waals surface area contributed by atoms with Crippen LogP contribution in [0.5, 0.6) is 0 Å². The van der Waals surface area contributed by atoms with Crippen LogP contribution in [0.2, 0.25) is 5.02 Å². The second kappa shape index (κ2) is 8.53. The standard InChI is InChI=1S/C24H15BrClF4N3O2/c25-16-10-18(31-22(34)11-7-12(24(28,29)30)9-13(27)8-11)19-20(15-3-1-2-4-17(15)26)32-23(35)33-6-5-14(16)21(19)33/h1-4,7-10,20H,5-6H2,(H,31,34)(H,32,35). The molecule has 3 aromatic rings. The van der Waals surface area contributed by atoms with Crippen molar-refractivity contribution in [1.29, 1.82) is 0 Å². The van der Waals surface area contributed by atoms with Crippen LogP contribution in [-0.4, -0.2) is 18.5 Å². The summed E-state index contributed by atoms with van der Waals surface area (Å²) in [6.07, 6.45) is -4.25. The van der Waals surface area contributed by atoms with Crippen molar-refractivity contribution < 1.29 is 27.2 Å². The predicted octanol–water partition coefficient (Wildman–Crippen LogP) is 6.69. The fourth-order valence-electron chi connectivity index (χ4n) is 4.47. The molecule has 0 aliphatic carbocycles. The van der Waals surface area contributed by atoms with Gasteiger partial charge in [-0.2, -0.15) is 13.2 Å². The van der Waals surface area contributed by atoms with Crippen molar-refractivity contribution in [2.75, 3.05) is 16.8 Å². The topological polar surface area (TPSA) is 61.4 Å². The van der Waals surface area contributed by atoms with Crippen LogP contribution in [0.3, 0.4) is 0 Å². The lowest BCUT2D eigenvalue weighted by Crippen LogP contribution is -2.46. The summed E-state index contributed by atoms with van der Waals surface area (Å²) in [5.41, 5.74) is 1.05. The highest BCUT2D eigenvalue weighted by atomic mass is 79.9. The number of urea groups is 1. The Hall–Kier alpha value is -3.11. The van der Waals surface area contributed by atoms with Gasteiger partial charge in [0, 0.05) is 32.9 Å². The maximum atomic E-state index is 13.9. The number of carbonyl (C=O) groups excluding carboxylic acids is 2. The zero-order valence-electron chi connectivity index (χ0n) is 17.6. The Labute approximate surface area is 210 Å². The van der Waals surface area contributed by atoms with Gasteiger partial charge in [-0.05, 0) is 47.9 Å². The molecule has 2 heterocycles. The van der Waals surface area contributed by atoms with Gasteiger partial charge in [0.25, 0.3) is 5.91 Å². The molecule has 2 N–H and O–H groups in total. The molecule has 3 amide bonds. The monoisotopic (exact) mass is 567 g/mol. The average molecular weight is 569 g/mol. The van der Waals surface area contributed by atoms with Gasteiger partial charge in [0.2, 0.25) is 0 Å². The number of amides is 3. The number of anilines is 2. The van der Waals surface area contributed by atoms with Crippen LogP contribution in [0.4, 0.5) is 33.7 Å². The highest BCUT2D eigenvalue weighted by Crippen LogP contribution is 2.48. The summed E-state index contributed by atoms with van der Waals surface area (Å²) in [6.45, 7) is 0.415. The summed E-state index contributed by atoms with van der Waals surface area (Å²) in [7, 11) is 0. The molecule has 0 saturated heterocycles. The Bertz CT molecular complexity index is 1400. The van der Waals surface area contributed by atoms with Crippen LogP contribution >= 0.6 is 27.5 Å². The van der Waals surface area contributed by atoms with Crippen LogP contribution in [0.15, 0.2) is 53.0 Å². The Morgan fingerprint density at radius 2 is 1.91 bits per heavy atom. The van der Waals surface area contributed by atoms with Gasteiger partial charge in [-0.3, -0.25) is 9.69 Å².